The number of halogens is 2. The van der Waals surface area contributed by atoms with E-state index in [1.807, 2.05) is 0 Å². The number of carbonyl (C=O) groups is 1. The predicted octanol–water partition coefficient (Wildman–Crippen LogP) is 2.84. The molecule has 3 nitrogen and oxygen atoms in total. The lowest BCUT2D eigenvalue weighted by Gasteiger charge is -2.31. The Balaban J connectivity index is 2.07. The van der Waals surface area contributed by atoms with E-state index in [-0.39, 0.29) is 17.5 Å². The molecular weight excluding hydrogens is 311 g/mol. The van der Waals surface area contributed by atoms with Crippen LogP contribution in [-0.2, 0) is 0 Å². The van der Waals surface area contributed by atoms with Crippen molar-refractivity contribution >= 4 is 21.8 Å². The van der Waals surface area contributed by atoms with Gasteiger partial charge in [0.1, 0.15) is 5.82 Å². The van der Waals surface area contributed by atoms with Crippen molar-refractivity contribution in [2.24, 2.45) is 11.7 Å². The van der Waals surface area contributed by atoms with Crippen LogP contribution in [0.2, 0.25) is 0 Å². The maximum Gasteiger partial charge on any atom is 0.254 e. The van der Waals surface area contributed by atoms with Crippen LogP contribution in [0.15, 0.2) is 22.7 Å². The molecule has 0 aromatic heterocycles. The Labute approximate surface area is 120 Å². The Morgan fingerprint density at radius 3 is 2.84 bits per heavy atom. The second-order valence-corrected chi connectivity index (χ2v) is 5.90. The fraction of sp³-hybridized carbons (Fsp3) is 0.500. The van der Waals surface area contributed by atoms with E-state index in [0.29, 0.717) is 16.9 Å². The lowest BCUT2D eigenvalue weighted by molar-refractivity contribution is 0.0904. The summed E-state index contributed by atoms with van der Waals surface area (Å²) in [6.07, 6.45) is 4.20. The van der Waals surface area contributed by atoms with E-state index in [0.717, 1.165) is 25.7 Å². The van der Waals surface area contributed by atoms with Crippen molar-refractivity contribution in [3.63, 3.8) is 0 Å². The summed E-state index contributed by atoms with van der Waals surface area (Å²) in [4.78, 5) is 12.1. The Bertz CT molecular complexity index is 467. The molecule has 0 saturated heterocycles. The summed E-state index contributed by atoms with van der Waals surface area (Å²) in [6.45, 7) is 0.563. The van der Waals surface area contributed by atoms with Crippen LogP contribution in [0, 0.1) is 11.7 Å². The fourth-order valence-electron chi connectivity index (χ4n) is 2.60. The number of benzene rings is 1. The van der Waals surface area contributed by atoms with Gasteiger partial charge in [0.05, 0.1) is 5.56 Å². The first kappa shape index (κ1) is 14.5. The normalized spacial score (nSPS) is 23.1. The summed E-state index contributed by atoms with van der Waals surface area (Å²) >= 11 is 3.18. The third kappa shape index (κ3) is 3.54. The summed E-state index contributed by atoms with van der Waals surface area (Å²) in [7, 11) is 0. The summed E-state index contributed by atoms with van der Waals surface area (Å²) < 4.78 is 14.3. The van der Waals surface area contributed by atoms with Crippen molar-refractivity contribution in [2.45, 2.75) is 31.7 Å². The predicted molar refractivity (Wildman–Crippen MR) is 76.4 cm³/mol. The van der Waals surface area contributed by atoms with Gasteiger partial charge < -0.3 is 11.1 Å². The molecule has 1 amide bonds. The first-order chi connectivity index (χ1) is 9.11. The molecule has 1 saturated carbocycles. The molecule has 0 heterocycles. The van der Waals surface area contributed by atoms with E-state index >= 15 is 0 Å². The molecule has 0 bridgehead atoms. The maximum absolute atomic E-state index is 13.7. The molecule has 1 aliphatic carbocycles. The summed E-state index contributed by atoms with van der Waals surface area (Å²) in [5.41, 5.74) is 5.81. The van der Waals surface area contributed by atoms with Crippen LogP contribution in [0.25, 0.3) is 0 Å². The van der Waals surface area contributed by atoms with Crippen LogP contribution < -0.4 is 11.1 Å². The molecule has 2 unspecified atom stereocenters. The van der Waals surface area contributed by atoms with Gasteiger partial charge in [0.2, 0.25) is 0 Å². The van der Waals surface area contributed by atoms with Gasteiger partial charge in [0.15, 0.2) is 0 Å². The van der Waals surface area contributed by atoms with Gasteiger partial charge in [-0.05, 0) is 43.5 Å². The van der Waals surface area contributed by atoms with Gasteiger partial charge >= 0.3 is 0 Å². The van der Waals surface area contributed by atoms with E-state index in [1.54, 1.807) is 6.07 Å². The van der Waals surface area contributed by atoms with E-state index in [9.17, 15) is 9.18 Å². The minimum atomic E-state index is -0.507. The second-order valence-electron chi connectivity index (χ2n) is 4.98. The van der Waals surface area contributed by atoms with Gasteiger partial charge in [-0.2, -0.15) is 0 Å². The number of rotatable bonds is 3. The van der Waals surface area contributed by atoms with Crippen molar-refractivity contribution < 1.29 is 9.18 Å². The molecule has 5 heteroatoms. The topological polar surface area (TPSA) is 55.1 Å². The van der Waals surface area contributed by atoms with Crippen molar-refractivity contribution in [1.29, 1.82) is 0 Å². The summed E-state index contributed by atoms with van der Waals surface area (Å²) in [6, 6.07) is 4.53. The smallest absolute Gasteiger partial charge is 0.254 e. The Morgan fingerprint density at radius 1 is 1.42 bits per heavy atom. The number of nitrogens with two attached hydrogens (primary N) is 1. The fourth-order valence-corrected chi connectivity index (χ4v) is 2.93. The molecule has 3 N–H and O–H groups in total. The summed E-state index contributed by atoms with van der Waals surface area (Å²) in [5, 5.41) is 2.92. The van der Waals surface area contributed by atoms with Crippen LogP contribution in [0.4, 0.5) is 4.39 Å². The number of hydrogen-bond acceptors (Lipinski definition) is 2. The average Bonchev–Trinajstić information content (AvgIpc) is 2.39. The standard InChI is InChI=1S/C14H18BrFN2O/c15-10-5-6-11(12(16)7-10)14(19)18-13-4-2-1-3-9(13)8-17/h5-7,9,13H,1-4,8,17H2,(H,18,19). The van der Waals surface area contributed by atoms with Crippen molar-refractivity contribution in [3.8, 4) is 0 Å². The zero-order chi connectivity index (χ0) is 13.8. The highest BCUT2D eigenvalue weighted by molar-refractivity contribution is 9.10. The highest BCUT2D eigenvalue weighted by Gasteiger charge is 2.26. The van der Waals surface area contributed by atoms with Crippen LogP contribution in [-0.4, -0.2) is 18.5 Å². The SMILES string of the molecule is NCC1CCCCC1NC(=O)c1ccc(Br)cc1F. The van der Waals surface area contributed by atoms with Crippen LogP contribution in [0.3, 0.4) is 0 Å². The number of hydrogen-bond donors (Lipinski definition) is 2. The molecule has 2 rings (SSSR count). The van der Waals surface area contributed by atoms with Crippen LogP contribution in [0.1, 0.15) is 36.0 Å². The third-order valence-electron chi connectivity index (χ3n) is 3.70. The molecule has 0 aliphatic heterocycles. The highest BCUT2D eigenvalue weighted by atomic mass is 79.9. The molecular formula is C14H18BrFN2O. The van der Waals surface area contributed by atoms with E-state index in [4.69, 9.17) is 5.73 Å². The minimum absolute atomic E-state index is 0.0642. The molecule has 1 aromatic rings. The van der Waals surface area contributed by atoms with Gasteiger partial charge in [-0.3, -0.25) is 4.79 Å². The van der Waals surface area contributed by atoms with Gasteiger partial charge in [0.25, 0.3) is 5.91 Å². The van der Waals surface area contributed by atoms with E-state index in [1.165, 1.54) is 12.1 Å². The summed E-state index contributed by atoms with van der Waals surface area (Å²) in [5.74, 6) is -0.557. The average molecular weight is 329 g/mol. The second kappa shape index (κ2) is 6.48. The Hall–Kier alpha value is -0.940. The van der Waals surface area contributed by atoms with Crippen molar-refractivity contribution in [2.75, 3.05) is 6.54 Å². The van der Waals surface area contributed by atoms with E-state index < -0.39 is 5.82 Å². The molecule has 2 atom stereocenters. The minimum Gasteiger partial charge on any atom is -0.349 e. The van der Waals surface area contributed by atoms with Gasteiger partial charge in [-0.25, -0.2) is 4.39 Å². The monoisotopic (exact) mass is 328 g/mol. The lowest BCUT2D eigenvalue weighted by atomic mass is 9.84. The maximum atomic E-state index is 13.7. The lowest BCUT2D eigenvalue weighted by Crippen LogP contribution is -2.44. The molecule has 0 spiro atoms. The Kier molecular flexibility index (Phi) is 4.93. The molecule has 1 aliphatic rings. The first-order valence-electron chi connectivity index (χ1n) is 6.58. The largest absolute Gasteiger partial charge is 0.349 e. The number of nitrogens with one attached hydrogen (secondary N) is 1. The Morgan fingerprint density at radius 2 is 2.16 bits per heavy atom. The first-order valence-corrected chi connectivity index (χ1v) is 7.37. The number of carbonyl (C=O) groups excluding carboxylic acids is 1. The zero-order valence-electron chi connectivity index (χ0n) is 10.7. The number of amides is 1. The molecule has 1 fully saturated rings. The molecule has 104 valence electrons. The van der Waals surface area contributed by atoms with E-state index in [2.05, 4.69) is 21.2 Å². The molecule has 0 radical (unpaired) electrons. The van der Waals surface area contributed by atoms with Crippen molar-refractivity contribution in [3.05, 3.63) is 34.1 Å². The van der Waals surface area contributed by atoms with Gasteiger partial charge in [-0.1, -0.05) is 28.8 Å². The third-order valence-corrected chi connectivity index (χ3v) is 4.20. The van der Waals surface area contributed by atoms with Crippen LogP contribution in [0.5, 0.6) is 0 Å². The van der Waals surface area contributed by atoms with Crippen LogP contribution >= 0.6 is 15.9 Å². The quantitative estimate of drug-likeness (QED) is 0.896. The van der Waals surface area contributed by atoms with Gasteiger partial charge in [-0.15, -0.1) is 0 Å². The highest BCUT2D eigenvalue weighted by Crippen LogP contribution is 2.24. The van der Waals surface area contributed by atoms with Gasteiger partial charge in [0, 0.05) is 10.5 Å². The zero-order valence-corrected chi connectivity index (χ0v) is 12.2. The molecule has 1 aromatic carbocycles. The molecule has 19 heavy (non-hydrogen) atoms. The van der Waals surface area contributed by atoms with Crippen molar-refractivity contribution in [1.82, 2.24) is 5.32 Å².